The molecule has 4 amide bonds. The third kappa shape index (κ3) is 11.0. The number of aromatic amines is 1. The number of aromatic nitrogens is 1. The van der Waals surface area contributed by atoms with Crippen molar-refractivity contribution in [2.24, 2.45) is 22.2 Å². The number of nitrogens with two attached hydrogens (primary N) is 3. The van der Waals surface area contributed by atoms with Gasteiger partial charge < -0.3 is 43.5 Å². The number of guanidine groups is 1. The molecule has 1 aromatic heterocycles. The van der Waals surface area contributed by atoms with E-state index in [2.05, 4.69) is 31.2 Å². The number of carbonyl (C=O) groups excluding carboxylic acids is 4. The maximum absolute atomic E-state index is 13.8. The number of H-pyrrole nitrogens is 1. The molecule has 11 N–H and O–H groups in total. The summed E-state index contributed by atoms with van der Waals surface area (Å²) < 4.78 is 0. The number of fused-ring (bicyclic) bond motifs is 1. The molecule has 3 atom stereocenters. The Morgan fingerprint density at radius 2 is 1.42 bits per heavy atom. The first-order valence-corrected chi connectivity index (χ1v) is 15.8. The molecule has 3 aromatic carbocycles. The van der Waals surface area contributed by atoms with Crippen molar-refractivity contribution in [2.75, 3.05) is 18.4 Å². The number of aliphatic imine (C=N–C) groups is 1. The van der Waals surface area contributed by atoms with E-state index in [1.54, 1.807) is 6.20 Å². The van der Waals surface area contributed by atoms with E-state index in [4.69, 9.17) is 17.2 Å². The quantitative estimate of drug-likeness (QED) is 0.0475. The summed E-state index contributed by atoms with van der Waals surface area (Å²) in [4.78, 5) is 59.1. The van der Waals surface area contributed by atoms with Crippen LogP contribution < -0.4 is 38.5 Å². The van der Waals surface area contributed by atoms with Gasteiger partial charge in [0.25, 0.3) is 0 Å². The van der Waals surface area contributed by atoms with Crippen molar-refractivity contribution in [3.63, 3.8) is 0 Å². The molecule has 252 valence electrons. The summed E-state index contributed by atoms with van der Waals surface area (Å²) in [5.74, 6) is -2.12. The number of carbonyl (C=O) groups is 4. The van der Waals surface area contributed by atoms with Gasteiger partial charge in [0.2, 0.25) is 23.6 Å². The van der Waals surface area contributed by atoms with Gasteiger partial charge in [-0.05, 0) is 55.0 Å². The van der Waals surface area contributed by atoms with E-state index in [-0.39, 0.29) is 25.2 Å². The molecule has 0 aliphatic rings. The predicted molar refractivity (Wildman–Crippen MR) is 187 cm³/mol. The monoisotopic (exact) mass is 653 g/mol. The van der Waals surface area contributed by atoms with Crippen LogP contribution in [0.15, 0.2) is 96.1 Å². The van der Waals surface area contributed by atoms with Crippen molar-refractivity contribution in [1.29, 1.82) is 0 Å². The fourth-order valence-corrected chi connectivity index (χ4v) is 5.18. The summed E-state index contributed by atoms with van der Waals surface area (Å²) in [6.45, 7) is -0.00342. The zero-order chi connectivity index (χ0) is 34.3. The van der Waals surface area contributed by atoms with E-state index < -0.39 is 48.3 Å². The zero-order valence-corrected chi connectivity index (χ0v) is 26.7. The standard InChI is InChI=1S/C35H43N9O4/c36-27(19-23-11-3-1-4-12-23)32(46)43-29(17-9-10-18-39-35(38)42-25-13-5-2-6-14-25)34(48)44-30(33(47)41-22-31(37)45)20-24-21-40-28-16-8-7-15-26(24)28/h1-8,11-16,21,27,29-30,40H,9-10,17-20,22,36H2,(H2,37,45)(H,41,47)(H,43,46)(H,44,48)(H3,38,39,42)/t27-,29+,30+/m1/s1. The van der Waals surface area contributed by atoms with Gasteiger partial charge in [-0.2, -0.15) is 0 Å². The maximum Gasteiger partial charge on any atom is 0.243 e. The first-order chi connectivity index (χ1) is 23.2. The fourth-order valence-electron chi connectivity index (χ4n) is 5.18. The molecule has 0 aliphatic heterocycles. The molecule has 0 saturated heterocycles. The van der Waals surface area contributed by atoms with Crippen molar-refractivity contribution in [2.45, 2.75) is 50.2 Å². The lowest BCUT2D eigenvalue weighted by Crippen LogP contribution is -2.56. The molecule has 4 aromatic rings. The average molecular weight is 654 g/mol. The molecular formula is C35H43N9O4. The first kappa shape index (κ1) is 35.2. The van der Waals surface area contributed by atoms with Gasteiger partial charge in [0.15, 0.2) is 5.96 Å². The highest BCUT2D eigenvalue weighted by Gasteiger charge is 2.29. The van der Waals surface area contributed by atoms with Crippen molar-refractivity contribution < 1.29 is 19.2 Å². The highest BCUT2D eigenvalue weighted by atomic mass is 16.2. The molecule has 1 heterocycles. The second-order valence-electron chi connectivity index (χ2n) is 11.4. The molecule has 0 saturated carbocycles. The number of hydrogen-bond acceptors (Lipinski definition) is 6. The summed E-state index contributed by atoms with van der Waals surface area (Å²) in [6, 6.07) is 23.3. The Morgan fingerprint density at radius 3 is 2.15 bits per heavy atom. The lowest BCUT2D eigenvalue weighted by Gasteiger charge is -2.24. The Balaban J connectivity index is 1.45. The molecule has 0 radical (unpaired) electrons. The second kappa shape index (κ2) is 17.9. The van der Waals surface area contributed by atoms with Gasteiger partial charge in [-0.1, -0.05) is 66.7 Å². The van der Waals surface area contributed by atoms with Gasteiger partial charge in [-0.15, -0.1) is 0 Å². The molecule has 13 heteroatoms. The zero-order valence-electron chi connectivity index (χ0n) is 26.7. The number of benzene rings is 3. The third-order valence-corrected chi connectivity index (χ3v) is 7.67. The fraction of sp³-hybridized carbons (Fsp3) is 0.286. The summed E-state index contributed by atoms with van der Waals surface area (Å²) in [5.41, 5.74) is 20.8. The minimum Gasteiger partial charge on any atom is -0.370 e. The maximum atomic E-state index is 13.8. The van der Waals surface area contributed by atoms with Crippen LogP contribution in [0.25, 0.3) is 10.9 Å². The lowest BCUT2D eigenvalue weighted by atomic mass is 10.0. The van der Waals surface area contributed by atoms with Gasteiger partial charge in [0.1, 0.15) is 12.1 Å². The van der Waals surface area contributed by atoms with Crippen LogP contribution >= 0.6 is 0 Å². The lowest BCUT2D eigenvalue weighted by molar-refractivity contribution is -0.133. The van der Waals surface area contributed by atoms with E-state index in [0.717, 1.165) is 27.7 Å². The van der Waals surface area contributed by atoms with Crippen LogP contribution in [0.2, 0.25) is 0 Å². The molecule has 0 spiro atoms. The van der Waals surface area contributed by atoms with Crippen LogP contribution in [0.5, 0.6) is 0 Å². The average Bonchev–Trinajstić information content (AvgIpc) is 3.49. The molecule has 0 fully saturated rings. The van der Waals surface area contributed by atoms with Crippen LogP contribution in [0.3, 0.4) is 0 Å². The Bertz CT molecular complexity index is 1690. The topological polar surface area (TPSA) is 223 Å². The van der Waals surface area contributed by atoms with Crippen LogP contribution in [0.4, 0.5) is 5.69 Å². The van der Waals surface area contributed by atoms with Crippen LogP contribution in [0.1, 0.15) is 30.4 Å². The molecule has 0 aliphatic carbocycles. The third-order valence-electron chi connectivity index (χ3n) is 7.67. The molecule has 13 nitrogen and oxygen atoms in total. The van der Waals surface area contributed by atoms with E-state index in [1.807, 2.05) is 84.9 Å². The Morgan fingerprint density at radius 1 is 0.750 bits per heavy atom. The van der Waals surface area contributed by atoms with Gasteiger partial charge >= 0.3 is 0 Å². The van der Waals surface area contributed by atoms with Crippen molar-refractivity contribution in [3.05, 3.63) is 102 Å². The highest BCUT2D eigenvalue weighted by molar-refractivity contribution is 5.95. The normalized spacial score (nSPS) is 13.2. The minimum absolute atomic E-state index is 0.122. The Labute approximate surface area is 279 Å². The van der Waals surface area contributed by atoms with E-state index in [9.17, 15) is 19.2 Å². The highest BCUT2D eigenvalue weighted by Crippen LogP contribution is 2.19. The number of primary amides is 1. The van der Waals surface area contributed by atoms with E-state index in [0.29, 0.717) is 19.4 Å². The second-order valence-corrected chi connectivity index (χ2v) is 11.4. The van der Waals surface area contributed by atoms with E-state index in [1.165, 1.54) is 0 Å². The van der Waals surface area contributed by atoms with Gasteiger partial charge in [-0.25, -0.2) is 0 Å². The summed E-state index contributed by atoms with van der Waals surface area (Å²) in [5, 5.41) is 12.0. The van der Waals surface area contributed by atoms with Crippen LogP contribution in [-0.2, 0) is 32.0 Å². The summed E-state index contributed by atoms with van der Waals surface area (Å²) >= 11 is 0. The first-order valence-electron chi connectivity index (χ1n) is 15.8. The van der Waals surface area contributed by atoms with Gasteiger partial charge in [0, 0.05) is 35.8 Å². The van der Waals surface area contributed by atoms with Crippen molar-refractivity contribution >= 4 is 46.2 Å². The van der Waals surface area contributed by atoms with Crippen molar-refractivity contribution in [3.8, 4) is 0 Å². The summed E-state index contributed by atoms with van der Waals surface area (Å²) in [7, 11) is 0. The number of para-hydroxylation sites is 2. The summed E-state index contributed by atoms with van der Waals surface area (Å²) in [6.07, 6.45) is 3.50. The number of hydrogen-bond donors (Lipinski definition) is 8. The van der Waals surface area contributed by atoms with Gasteiger partial charge in [0.05, 0.1) is 12.6 Å². The molecule has 0 bridgehead atoms. The van der Waals surface area contributed by atoms with Crippen LogP contribution in [-0.4, -0.2) is 65.8 Å². The molecule has 48 heavy (non-hydrogen) atoms. The number of unbranched alkanes of at least 4 members (excludes halogenated alkanes) is 1. The number of rotatable bonds is 17. The molecule has 4 rings (SSSR count). The predicted octanol–water partition coefficient (Wildman–Crippen LogP) is 1.45. The number of nitrogens with zero attached hydrogens (tertiary/aromatic N) is 1. The number of anilines is 1. The molecule has 0 unspecified atom stereocenters. The van der Waals surface area contributed by atoms with Crippen LogP contribution in [0, 0.1) is 0 Å². The number of amides is 4. The van der Waals surface area contributed by atoms with Crippen molar-refractivity contribution in [1.82, 2.24) is 20.9 Å². The largest absolute Gasteiger partial charge is 0.370 e. The Hall–Kier alpha value is -5.69. The Kier molecular flexibility index (Phi) is 13.1. The SMILES string of the molecule is NC(=O)CNC(=O)[C@H](Cc1c[nH]c2ccccc12)NC(=O)[C@H](CCCCN=C(N)Nc1ccccc1)NC(=O)[C@H](N)Cc1ccccc1. The molecular weight excluding hydrogens is 610 g/mol. The van der Waals surface area contributed by atoms with Gasteiger partial charge in [-0.3, -0.25) is 24.2 Å². The van der Waals surface area contributed by atoms with E-state index >= 15 is 0 Å². The number of nitrogens with one attached hydrogen (secondary N) is 5. The minimum atomic E-state index is -1.07. The smallest absolute Gasteiger partial charge is 0.243 e.